The Hall–Kier alpha value is -0.670. The van der Waals surface area contributed by atoms with E-state index >= 15 is 0 Å². The highest BCUT2D eigenvalue weighted by Crippen LogP contribution is 2.26. The maximum absolute atomic E-state index is 11.3. The van der Waals surface area contributed by atoms with Gasteiger partial charge in [0.25, 0.3) is 0 Å². The zero-order valence-electron chi connectivity index (χ0n) is 8.94. The molecule has 0 saturated heterocycles. The number of hydrogen-bond acceptors (Lipinski definition) is 2. The fourth-order valence-electron chi connectivity index (χ4n) is 1.39. The summed E-state index contributed by atoms with van der Waals surface area (Å²) in [5.41, 5.74) is 1.02. The zero-order chi connectivity index (χ0) is 11.3. The Kier molecular flexibility index (Phi) is 4.99. The van der Waals surface area contributed by atoms with Gasteiger partial charge in [-0.1, -0.05) is 46.3 Å². The average Bonchev–Trinajstić information content (AvgIpc) is 2.26. The molecule has 0 amide bonds. The summed E-state index contributed by atoms with van der Waals surface area (Å²) in [6.07, 6.45) is -0.200. The lowest BCUT2D eigenvalue weighted by molar-refractivity contribution is -0.118. The van der Waals surface area contributed by atoms with Gasteiger partial charge < -0.3 is 4.74 Å². The van der Waals surface area contributed by atoms with Gasteiger partial charge in [-0.2, -0.15) is 0 Å². The van der Waals surface area contributed by atoms with Gasteiger partial charge in [-0.25, -0.2) is 0 Å². The molecule has 0 saturated carbocycles. The van der Waals surface area contributed by atoms with E-state index in [0.717, 1.165) is 5.56 Å². The van der Waals surface area contributed by atoms with Crippen molar-refractivity contribution < 1.29 is 9.53 Å². The summed E-state index contributed by atoms with van der Waals surface area (Å²) in [6, 6.07) is 9.78. The maximum Gasteiger partial charge on any atom is 0.146 e. The van der Waals surface area contributed by atoms with Crippen LogP contribution >= 0.6 is 15.9 Å². The normalized spacial score (nSPS) is 14.6. The van der Waals surface area contributed by atoms with Crippen molar-refractivity contribution in [2.75, 3.05) is 6.61 Å². The van der Waals surface area contributed by atoms with Gasteiger partial charge in [0.1, 0.15) is 16.7 Å². The van der Waals surface area contributed by atoms with Crippen LogP contribution in [0.3, 0.4) is 0 Å². The van der Waals surface area contributed by atoms with Gasteiger partial charge in [0.15, 0.2) is 0 Å². The largest absolute Gasteiger partial charge is 0.372 e. The highest BCUT2D eigenvalue weighted by Gasteiger charge is 2.24. The predicted octanol–water partition coefficient (Wildman–Crippen LogP) is 3.12. The maximum atomic E-state index is 11.3. The molecule has 0 bridgehead atoms. The molecule has 15 heavy (non-hydrogen) atoms. The summed E-state index contributed by atoms with van der Waals surface area (Å²) in [4.78, 5) is 11.0. The van der Waals surface area contributed by atoms with Crippen LogP contribution in [0.15, 0.2) is 30.3 Å². The Morgan fingerprint density at radius 2 is 2.00 bits per heavy atom. The quantitative estimate of drug-likeness (QED) is 0.769. The fourth-order valence-corrected chi connectivity index (χ4v) is 1.84. The highest BCUT2D eigenvalue weighted by molar-refractivity contribution is 9.10. The molecule has 1 aromatic rings. The Labute approximate surface area is 98.8 Å². The third-order valence-electron chi connectivity index (χ3n) is 2.13. The van der Waals surface area contributed by atoms with Crippen molar-refractivity contribution >= 4 is 21.7 Å². The molecule has 1 aromatic carbocycles. The van der Waals surface area contributed by atoms with Gasteiger partial charge >= 0.3 is 0 Å². The summed E-state index contributed by atoms with van der Waals surface area (Å²) >= 11 is 3.37. The summed E-state index contributed by atoms with van der Waals surface area (Å²) < 4.78 is 5.58. The third-order valence-corrected chi connectivity index (χ3v) is 3.25. The van der Waals surface area contributed by atoms with E-state index in [9.17, 15) is 4.79 Å². The third kappa shape index (κ3) is 3.43. The Bertz CT molecular complexity index is 311. The van der Waals surface area contributed by atoms with E-state index < -0.39 is 0 Å². The molecule has 0 fully saturated rings. The van der Waals surface area contributed by atoms with Gasteiger partial charge in [0.05, 0.1) is 0 Å². The smallest absolute Gasteiger partial charge is 0.146 e. The van der Waals surface area contributed by atoms with Crippen molar-refractivity contribution in [2.45, 2.75) is 24.8 Å². The summed E-state index contributed by atoms with van der Waals surface area (Å²) in [7, 11) is 0. The van der Waals surface area contributed by atoms with Crippen molar-refractivity contribution in [3.63, 3.8) is 0 Å². The lowest BCUT2D eigenvalue weighted by Gasteiger charge is -2.20. The molecule has 82 valence electrons. The minimum Gasteiger partial charge on any atom is -0.372 e. The second kappa shape index (κ2) is 6.03. The predicted molar refractivity (Wildman–Crippen MR) is 64.2 cm³/mol. The molecule has 0 aliphatic rings. The second-order valence-corrected chi connectivity index (χ2v) is 4.29. The van der Waals surface area contributed by atoms with Crippen molar-refractivity contribution in [1.82, 2.24) is 0 Å². The van der Waals surface area contributed by atoms with Crippen LogP contribution in [0.5, 0.6) is 0 Å². The van der Waals surface area contributed by atoms with Crippen LogP contribution in [0.25, 0.3) is 0 Å². The van der Waals surface area contributed by atoms with Gasteiger partial charge in [-0.3, -0.25) is 4.79 Å². The van der Waals surface area contributed by atoms with E-state index in [4.69, 9.17) is 4.74 Å². The van der Waals surface area contributed by atoms with E-state index in [-0.39, 0.29) is 16.7 Å². The number of hydrogen-bond donors (Lipinski definition) is 0. The minimum atomic E-state index is -0.278. The molecule has 3 heteroatoms. The minimum absolute atomic E-state index is 0.0808. The van der Waals surface area contributed by atoms with Crippen molar-refractivity contribution in [3.05, 3.63) is 35.9 Å². The first kappa shape index (κ1) is 12.4. The number of Topliss-reactive ketones (excluding diaryl/α,β-unsaturated/α-hetero) is 1. The molecule has 0 unspecified atom stereocenters. The number of ether oxygens (including phenoxy) is 1. The fraction of sp³-hybridized carbons (Fsp3) is 0.417. The number of rotatable bonds is 5. The summed E-state index contributed by atoms with van der Waals surface area (Å²) in [6.45, 7) is 4.08. The summed E-state index contributed by atoms with van der Waals surface area (Å²) in [5, 5.41) is 0. The molecule has 0 aliphatic carbocycles. The SMILES string of the molecule is CCO[C@H](c1ccccc1)[C@@H](Br)C(C)=O. The van der Waals surface area contributed by atoms with Crippen LogP contribution in [-0.4, -0.2) is 17.2 Å². The average molecular weight is 271 g/mol. The molecule has 0 aliphatic heterocycles. The van der Waals surface area contributed by atoms with Crippen molar-refractivity contribution in [3.8, 4) is 0 Å². The molecular formula is C12H15BrO2. The van der Waals surface area contributed by atoms with Gasteiger partial charge in [-0.15, -0.1) is 0 Å². The molecule has 0 spiro atoms. The highest BCUT2D eigenvalue weighted by atomic mass is 79.9. The van der Waals surface area contributed by atoms with Gasteiger partial charge in [-0.05, 0) is 19.4 Å². The standard InChI is InChI=1S/C12H15BrO2/c1-3-15-12(11(13)9(2)14)10-7-5-4-6-8-10/h4-8,11-12H,3H2,1-2H3/t11-,12+/m0/s1. The van der Waals surface area contributed by atoms with Crippen LogP contribution in [0.4, 0.5) is 0 Å². The number of ketones is 1. The number of halogens is 1. The number of alkyl halides is 1. The Morgan fingerprint density at radius 3 is 2.47 bits per heavy atom. The molecule has 0 N–H and O–H groups in total. The zero-order valence-corrected chi connectivity index (χ0v) is 10.5. The monoisotopic (exact) mass is 270 g/mol. The first-order chi connectivity index (χ1) is 7.16. The van der Waals surface area contributed by atoms with Crippen LogP contribution < -0.4 is 0 Å². The van der Waals surface area contributed by atoms with Crippen LogP contribution in [-0.2, 0) is 9.53 Å². The topological polar surface area (TPSA) is 26.3 Å². The Balaban J connectivity index is 2.87. The van der Waals surface area contributed by atoms with Gasteiger partial charge in [0, 0.05) is 6.61 Å². The molecule has 0 heterocycles. The lowest BCUT2D eigenvalue weighted by Crippen LogP contribution is -2.22. The van der Waals surface area contributed by atoms with Crippen molar-refractivity contribution in [1.29, 1.82) is 0 Å². The van der Waals surface area contributed by atoms with E-state index in [1.165, 1.54) is 0 Å². The molecular weight excluding hydrogens is 256 g/mol. The van der Waals surface area contributed by atoms with Crippen LogP contribution in [0.1, 0.15) is 25.5 Å². The van der Waals surface area contributed by atoms with Gasteiger partial charge in [0.2, 0.25) is 0 Å². The van der Waals surface area contributed by atoms with E-state index in [0.29, 0.717) is 6.61 Å². The van der Waals surface area contributed by atoms with E-state index in [1.54, 1.807) is 6.92 Å². The number of carbonyl (C=O) groups is 1. The molecule has 0 radical (unpaired) electrons. The molecule has 1 rings (SSSR count). The first-order valence-electron chi connectivity index (χ1n) is 4.98. The van der Waals surface area contributed by atoms with E-state index in [2.05, 4.69) is 15.9 Å². The second-order valence-electron chi connectivity index (χ2n) is 3.30. The lowest BCUT2D eigenvalue weighted by atomic mass is 10.0. The van der Waals surface area contributed by atoms with Crippen molar-refractivity contribution in [2.24, 2.45) is 0 Å². The first-order valence-corrected chi connectivity index (χ1v) is 5.89. The Morgan fingerprint density at radius 1 is 1.40 bits per heavy atom. The summed E-state index contributed by atoms with van der Waals surface area (Å²) in [5.74, 6) is 0.0808. The number of benzene rings is 1. The molecule has 2 nitrogen and oxygen atoms in total. The number of carbonyl (C=O) groups excluding carboxylic acids is 1. The molecule has 0 aromatic heterocycles. The van der Waals surface area contributed by atoms with Crippen LogP contribution in [0.2, 0.25) is 0 Å². The molecule has 2 atom stereocenters. The van der Waals surface area contributed by atoms with E-state index in [1.807, 2.05) is 37.3 Å². The van der Waals surface area contributed by atoms with Crippen LogP contribution in [0, 0.1) is 0 Å².